The first-order valence-corrected chi connectivity index (χ1v) is 9.81. The first-order valence-electron chi connectivity index (χ1n) is 8.37. The van der Waals surface area contributed by atoms with E-state index >= 15 is 0 Å². The third-order valence-electron chi connectivity index (χ3n) is 4.11. The lowest BCUT2D eigenvalue weighted by atomic mass is 10.2. The fraction of sp³-hybridized carbons (Fsp3) is 0.0952. The average molecular weight is 380 g/mol. The lowest BCUT2D eigenvalue weighted by Gasteiger charge is -2.21. The Morgan fingerprint density at radius 1 is 0.889 bits per heavy atom. The minimum Gasteiger partial charge on any atom is -0.508 e. The van der Waals surface area contributed by atoms with Crippen LogP contribution in [-0.2, 0) is 10.0 Å². The Kier molecular flexibility index (Phi) is 5.28. The maximum absolute atomic E-state index is 12.9. The Morgan fingerprint density at radius 3 is 2.07 bits per heavy atom. The quantitative estimate of drug-likeness (QED) is 0.549. The van der Waals surface area contributed by atoms with Crippen LogP contribution in [0.25, 0.3) is 0 Å². The number of nitrogens with zero attached hydrogens (tertiary/aromatic N) is 2. The van der Waals surface area contributed by atoms with Gasteiger partial charge in [0, 0.05) is 18.3 Å². The maximum atomic E-state index is 12.9. The van der Waals surface area contributed by atoms with E-state index in [0.717, 1.165) is 5.56 Å². The highest BCUT2D eigenvalue weighted by atomic mass is 32.2. The number of aromatic hydroxyl groups is 1. The minimum atomic E-state index is -3.89. The maximum Gasteiger partial charge on any atom is 0.284 e. The summed E-state index contributed by atoms with van der Waals surface area (Å²) >= 11 is 0. The van der Waals surface area contributed by atoms with Gasteiger partial charge in [-0.3, -0.25) is 0 Å². The van der Waals surface area contributed by atoms with Crippen molar-refractivity contribution in [2.24, 2.45) is 4.40 Å². The second-order valence-corrected chi connectivity index (χ2v) is 7.75. The number of hydrogen-bond acceptors (Lipinski definition) is 3. The molecule has 3 aromatic carbocycles. The molecule has 0 heterocycles. The van der Waals surface area contributed by atoms with Crippen LogP contribution < -0.4 is 4.90 Å². The first kappa shape index (κ1) is 18.7. The molecule has 0 spiro atoms. The van der Waals surface area contributed by atoms with Gasteiger partial charge in [0.15, 0.2) is 5.84 Å². The SMILES string of the molecule is Cc1ccc(S(=O)(=O)/N=C(/c2ccccc2)N(C)c2ccc(O)cc2)cc1. The highest BCUT2D eigenvalue weighted by Gasteiger charge is 2.19. The van der Waals surface area contributed by atoms with E-state index in [0.29, 0.717) is 17.1 Å². The molecule has 5 nitrogen and oxygen atoms in total. The molecular weight excluding hydrogens is 360 g/mol. The Labute approximate surface area is 159 Å². The molecule has 3 aromatic rings. The van der Waals surface area contributed by atoms with Crippen molar-refractivity contribution < 1.29 is 13.5 Å². The van der Waals surface area contributed by atoms with E-state index in [-0.39, 0.29) is 10.6 Å². The lowest BCUT2D eigenvalue weighted by molar-refractivity contribution is 0.475. The fourth-order valence-corrected chi connectivity index (χ4v) is 3.61. The molecule has 0 amide bonds. The van der Waals surface area contributed by atoms with Crippen LogP contribution in [0.4, 0.5) is 5.69 Å². The molecule has 0 saturated carbocycles. The fourth-order valence-electron chi connectivity index (χ4n) is 2.57. The summed E-state index contributed by atoms with van der Waals surface area (Å²) < 4.78 is 29.9. The first-order chi connectivity index (χ1) is 12.9. The van der Waals surface area contributed by atoms with Gasteiger partial charge >= 0.3 is 0 Å². The molecule has 0 fully saturated rings. The molecule has 0 bridgehead atoms. The van der Waals surface area contributed by atoms with Crippen molar-refractivity contribution in [2.75, 3.05) is 11.9 Å². The molecule has 27 heavy (non-hydrogen) atoms. The Hall–Kier alpha value is -3.12. The minimum absolute atomic E-state index is 0.137. The van der Waals surface area contributed by atoms with Gasteiger partial charge in [0.2, 0.25) is 0 Å². The number of phenols is 1. The zero-order chi connectivity index (χ0) is 19.4. The van der Waals surface area contributed by atoms with Crippen molar-refractivity contribution in [3.63, 3.8) is 0 Å². The van der Waals surface area contributed by atoms with Gasteiger partial charge in [0.05, 0.1) is 4.90 Å². The van der Waals surface area contributed by atoms with Gasteiger partial charge < -0.3 is 10.0 Å². The van der Waals surface area contributed by atoms with Crippen LogP contribution in [-0.4, -0.2) is 26.4 Å². The number of anilines is 1. The van der Waals surface area contributed by atoms with Crippen molar-refractivity contribution >= 4 is 21.5 Å². The van der Waals surface area contributed by atoms with E-state index in [2.05, 4.69) is 4.40 Å². The molecule has 0 unspecified atom stereocenters. The van der Waals surface area contributed by atoms with Crippen LogP contribution in [0, 0.1) is 6.92 Å². The Morgan fingerprint density at radius 2 is 1.48 bits per heavy atom. The van der Waals surface area contributed by atoms with Gasteiger partial charge in [0.1, 0.15) is 5.75 Å². The van der Waals surface area contributed by atoms with Crippen LogP contribution in [0.15, 0.2) is 88.2 Å². The molecule has 0 saturated heterocycles. The molecule has 1 N–H and O–H groups in total. The number of hydrogen-bond donors (Lipinski definition) is 1. The van der Waals surface area contributed by atoms with E-state index in [1.807, 2.05) is 25.1 Å². The molecule has 3 rings (SSSR count). The van der Waals surface area contributed by atoms with E-state index in [9.17, 15) is 13.5 Å². The summed E-state index contributed by atoms with van der Waals surface area (Å²) in [4.78, 5) is 1.82. The molecule has 0 aliphatic carbocycles. The third-order valence-corrected chi connectivity index (χ3v) is 5.39. The van der Waals surface area contributed by atoms with Crippen molar-refractivity contribution in [3.05, 3.63) is 90.0 Å². The summed E-state index contributed by atoms with van der Waals surface area (Å²) in [5.74, 6) is 0.430. The lowest BCUT2D eigenvalue weighted by Crippen LogP contribution is -2.28. The molecule has 6 heteroatoms. The molecule has 0 aliphatic rings. The summed E-state index contributed by atoms with van der Waals surface area (Å²) in [6.45, 7) is 1.90. The van der Waals surface area contributed by atoms with Crippen LogP contribution in [0.3, 0.4) is 0 Å². The van der Waals surface area contributed by atoms with Gasteiger partial charge in [-0.2, -0.15) is 8.42 Å². The standard InChI is InChI=1S/C21H20N2O3S/c1-16-8-14-20(15-9-16)27(25,26)22-21(17-6-4-3-5-7-17)23(2)18-10-12-19(24)13-11-18/h3-15,24H,1-2H3/b22-21-. The third kappa shape index (κ3) is 4.35. The summed E-state index contributed by atoms with van der Waals surface area (Å²) in [5, 5.41) is 9.51. The highest BCUT2D eigenvalue weighted by molar-refractivity contribution is 7.90. The number of phenolic OH excluding ortho intramolecular Hbond substituents is 1. The number of rotatable bonds is 4. The molecule has 0 aliphatic heterocycles. The van der Waals surface area contributed by atoms with E-state index in [4.69, 9.17) is 0 Å². The van der Waals surface area contributed by atoms with Gasteiger partial charge in [-0.25, -0.2) is 0 Å². The predicted octanol–water partition coefficient (Wildman–Crippen LogP) is 3.97. The molecule has 138 valence electrons. The molecule has 0 aromatic heterocycles. The van der Waals surface area contributed by atoms with Gasteiger partial charge in [-0.1, -0.05) is 48.0 Å². The topological polar surface area (TPSA) is 70.0 Å². The average Bonchev–Trinajstić information content (AvgIpc) is 2.67. The monoisotopic (exact) mass is 380 g/mol. The van der Waals surface area contributed by atoms with Gasteiger partial charge in [0.25, 0.3) is 10.0 Å². The van der Waals surface area contributed by atoms with Crippen molar-refractivity contribution in [2.45, 2.75) is 11.8 Å². The summed E-state index contributed by atoms with van der Waals surface area (Å²) in [5.41, 5.74) is 2.35. The predicted molar refractivity (Wildman–Crippen MR) is 108 cm³/mol. The smallest absolute Gasteiger partial charge is 0.284 e. The summed E-state index contributed by atoms with van der Waals surface area (Å²) in [6, 6.07) is 22.2. The largest absolute Gasteiger partial charge is 0.508 e. The normalized spacial score (nSPS) is 12.0. The van der Waals surface area contributed by atoms with Crippen molar-refractivity contribution in [1.29, 1.82) is 0 Å². The number of aryl methyl sites for hydroxylation is 1. The van der Waals surface area contributed by atoms with Crippen molar-refractivity contribution in [3.8, 4) is 5.75 Å². The summed E-state index contributed by atoms with van der Waals surface area (Å²) in [7, 11) is -2.15. The van der Waals surface area contributed by atoms with E-state index in [1.54, 1.807) is 72.6 Å². The second-order valence-electron chi connectivity index (χ2n) is 6.14. The summed E-state index contributed by atoms with van der Waals surface area (Å²) in [6.07, 6.45) is 0. The molecule has 0 atom stereocenters. The van der Waals surface area contributed by atoms with Crippen molar-refractivity contribution in [1.82, 2.24) is 0 Å². The van der Waals surface area contributed by atoms with Gasteiger partial charge in [-0.15, -0.1) is 4.40 Å². The van der Waals surface area contributed by atoms with E-state index in [1.165, 1.54) is 0 Å². The molecule has 0 radical (unpaired) electrons. The zero-order valence-corrected chi connectivity index (χ0v) is 15.9. The highest BCUT2D eigenvalue weighted by Crippen LogP contribution is 2.22. The number of amidine groups is 1. The zero-order valence-electron chi connectivity index (χ0n) is 15.1. The van der Waals surface area contributed by atoms with Crippen LogP contribution in [0.5, 0.6) is 5.75 Å². The van der Waals surface area contributed by atoms with Gasteiger partial charge in [-0.05, 0) is 43.3 Å². The van der Waals surface area contributed by atoms with E-state index < -0.39 is 10.0 Å². The van der Waals surface area contributed by atoms with Crippen LogP contribution in [0.1, 0.15) is 11.1 Å². The Bertz CT molecular complexity index is 1040. The Balaban J connectivity index is 2.11. The van der Waals surface area contributed by atoms with Crippen LogP contribution >= 0.6 is 0 Å². The number of benzene rings is 3. The molecular formula is C21H20N2O3S. The second kappa shape index (κ2) is 7.63. The number of sulfonamides is 1. The van der Waals surface area contributed by atoms with Crippen LogP contribution in [0.2, 0.25) is 0 Å².